The highest BCUT2D eigenvalue weighted by atomic mass is 16.3. The van der Waals surface area contributed by atoms with Crippen LogP contribution in [0.1, 0.15) is 22.3 Å². The maximum absolute atomic E-state index is 6.32. The smallest absolute Gasteiger partial charge is 0.161 e. The van der Waals surface area contributed by atoms with Crippen molar-refractivity contribution in [3.8, 4) is 22.6 Å². The molecule has 0 aliphatic carbocycles. The zero-order chi connectivity index (χ0) is 17.6. The normalized spacial score (nSPS) is 11.2. The summed E-state index contributed by atoms with van der Waals surface area (Å²) in [7, 11) is 0. The molecule has 2 aromatic carbocycles. The van der Waals surface area contributed by atoms with E-state index in [1.165, 1.54) is 27.8 Å². The first kappa shape index (κ1) is 15.6. The molecule has 2 heterocycles. The number of hydrogen-bond donors (Lipinski definition) is 0. The minimum absolute atomic E-state index is 0.852. The van der Waals surface area contributed by atoms with Crippen LogP contribution in [0.3, 0.4) is 0 Å². The maximum atomic E-state index is 6.32. The van der Waals surface area contributed by atoms with Crippen LogP contribution in [0, 0.1) is 27.7 Å². The fourth-order valence-corrected chi connectivity index (χ4v) is 3.61. The first-order chi connectivity index (χ1) is 12.0. The van der Waals surface area contributed by atoms with Crippen LogP contribution in [0.5, 0.6) is 0 Å². The molecule has 0 atom stereocenters. The van der Waals surface area contributed by atoms with Gasteiger partial charge in [0.1, 0.15) is 11.5 Å². The molecule has 0 fully saturated rings. The summed E-state index contributed by atoms with van der Waals surface area (Å²) in [5, 5.41) is 1.09. The molecule has 0 radical (unpaired) electrons. The lowest BCUT2D eigenvalue weighted by atomic mass is 10.0. The van der Waals surface area contributed by atoms with E-state index >= 15 is 0 Å². The van der Waals surface area contributed by atoms with Gasteiger partial charge in [-0.05, 0) is 63.1 Å². The number of hydrogen-bond acceptors (Lipinski definition) is 2. The van der Waals surface area contributed by atoms with Gasteiger partial charge in [0.2, 0.25) is 0 Å². The summed E-state index contributed by atoms with van der Waals surface area (Å²) >= 11 is 0. The molecule has 0 bridgehead atoms. The fourth-order valence-electron chi connectivity index (χ4n) is 3.61. The second-order valence-corrected chi connectivity index (χ2v) is 6.83. The lowest BCUT2D eigenvalue weighted by Gasteiger charge is -2.07. The molecule has 0 aliphatic rings. The molecule has 0 N–H and O–H groups in total. The third-order valence-electron chi connectivity index (χ3n) is 4.66. The highest BCUT2D eigenvalue weighted by Crippen LogP contribution is 2.36. The van der Waals surface area contributed by atoms with E-state index in [-0.39, 0.29) is 0 Å². The lowest BCUT2D eigenvalue weighted by molar-refractivity contribution is 0.630. The molecule has 0 aliphatic heterocycles. The molecule has 4 aromatic rings. The Balaban J connectivity index is 1.96. The Hall–Kier alpha value is -2.87. The van der Waals surface area contributed by atoms with Gasteiger partial charge < -0.3 is 4.42 Å². The standard InChI is InChI=1S/C23H21NO/c1-14-10-15(2)12-19(11-14)22-23-18(8-9-24-22)13-20(25-23)21-16(3)6-5-7-17(21)4/h5-13H,1-4H3. The molecule has 0 saturated carbocycles. The van der Waals surface area contributed by atoms with Gasteiger partial charge in [-0.1, -0.05) is 35.4 Å². The van der Waals surface area contributed by atoms with Gasteiger partial charge in [-0.15, -0.1) is 0 Å². The predicted molar refractivity (Wildman–Crippen MR) is 104 cm³/mol. The van der Waals surface area contributed by atoms with Crippen LogP contribution in [0.25, 0.3) is 33.6 Å². The predicted octanol–water partition coefficient (Wildman–Crippen LogP) is 6.40. The summed E-state index contributed by atoms with van der Waals surface area (Å²) < 4.78 is 6.32. The summed E-state index contributed by atoms with van der Waals surface area (Å²) in [5.41, 5.74) is 8.94. The third-order valence-corrected chi connectivity index (χ3v) is 4.66. The monoisotopic (exact) mass is 327 g/mol. The number of aryl methyl sites for hydroxylation is 4. The van der Waals surface area contributed by atoms with Crippen molar-refractivity contribution >= 4 is 11.0 Å². The third kappa shape index (κ3) is 2.74. The van der Waals surface area contributed by atoms with E-state index in [0.29, 0.717) is 0 Å². The van der Waals surface area contributed by atoms with Crippen LogP contribution in [0.2, 0.25) is 0 Å². The van der Waals surface area contributed by atoms with Crippen molar-refractivity contribution in [2.45, 2.75) is 27.7 Å². The zero-order valence-electron chi connectivity index (χ0n) is 15.1. The number of rotatable bonds is 2. The molecule has 2 nitrogen and oxygen atoms in total. The minimum Gasteiger partial charge on any atom is -0.454 e. The average Bonchev–Trinajstić information content (AvgIpc) is 2.97. The quantitative estimate of drug-likeness (QED) is 0.426. The van der Waals surface area contributed by atoms with E-state index < -0.39 is 0 Å². The number of benzene rings is 2. The Morgan fingerprint density at radius 3 is 2.16 bits per heavy atom. The molecule has 0 spiro atoms. The van der Waals surface area contributed by atoms with Gasteiger partial charge in [-0.25, -0.2) is 0 Å². The van der Waals surface area contributed by atoms with Crippen molar-refractivity contribution in [2.75, 3.05) is 0 Å². The molecular weight excluding hydrogens is 306 g/mol. The summed E-state index contributed by atoms with van der Waals surface area (Å²) in [5.74, 6) is 0.907. The van der Waals surface area contributed by atoms with Gasteiger partial charge in [0.05, 0.1) is 0 Å². The van der Waals surface area contributed by atoms with Crippen molar-refractivity contribution in [3.63, 3.8) is 0 Å². The molecule has 0 amide bonds. The van der Waals surface area contributed by atoms with Crippen LogP contribution >= 0.6 is 0 Å². The van der Waals surface area contributed by atoms with Crippen molar-refractivity contribution in [2.24, 2.45) is 0 Å². The summed E-state index contributed by atoms with van der Waals surface area (Å²) in [6.45, 7) is 8.47. The van der Waals surface area contributed by atoms with Gasteiger partial charge in [0, 0.05) is 22.7 Å². The molecule has 2 heteroatoms. The molecule has 25 heavy (non-hydrogen) atoms. The fraction of sp³-hybridized carbons (Fsp3) is 0.174. The topological polar surface area (TPSA) is 26.0 Å². The molecule has 4 rings (SSSR count). The van der Waals surface area contributed by atoms with Gasteiger partial charge in [-0.2, -0.15) is 0 Å². The Labute approximate surface area is 148 Å². The average molecular weight is 327 g/mol. The van der Waals surface area contributed by atoms with Crippen LogP contribution in [0.4, 0.5) is 0 Å². The zero-order valence-corrected chi connectivity index (χ0v) is 15.1. The Morgan fingerprint density at radius 2 is 1.48 bits per heavy atom. The second-order valence-electron chi connectivity index (χ2n) is 6.83. The van der Waals surface area contributed by atoms with Crippen LogP contribution in [-0.2, 0) is 0 Å². The second kappa shape index (κ2) is 5.89. The van der Waals surface area contributed by atoms with E-state index in [9.17, 15) is 0 Å². The summed E-state index contributed by atoms with van der Waals surface area (Å²) in [4.78, 5) is 4.62. The molecule has 0 saturated heterocycles. The van der Waals surface area contributed by atoms with Crippen molar-refractivity contribution in [3.05, 3.63) is 77.0 Å². The molecule has 124 valence electrons. The van der Waals surface area contributed by atoms with E-state index in [1.54, 1.807) is 0 Å². The highest BCUT2D eigenvalue weighted by Gasteiger charge is 2.15. The number of furan rings is 1. The minimum atomic E-state index is 0.852. The molecule has 0 unspecified atom stereocenters. The van der Waals surface area contributed by atoms with Crippen molar-refractivity contribution in [1.29, 1.82) is 0 Å². The number of aromatic nitrogens is 1. The van der Waals surface area contributed by atoms with Gasteiger partial charge >= 0.3 is 0 Å². The first-order valence-electron chi connectivity index (χ1n) is 8.57. The Kier molecular flexibility index (Phi) is 3.69. The van der Waals surface area contributed by atoms with E-state index in [0.717, 1.165) is 28.0 Å². The maximum Gasteiger partial charge on any atom is 0.161 e. The van der Waals surface area contributed by atoms with Crippen molar-refractivity contribution in [1.82, 2.24) is 4.98 Å². The summed E-state index contributed by atoms with van der Waals surface area (Å²) in [6, 6.07) is 17.0. The number of fused-ring (bicyclic) bond motifs is 1. The van der Waals surface area contributed by atoms with Gasteiger partial charge in [0.25, 0.3) is 0 Å². The van der Waals surface area contributed by atoms with Crippen LogP contribution in [-0.4, -0.2) is 4.98 Å². The van der Waals surface area contributed by atoms with E-state index in [4.69, 9.17) is 4.42 Å². The Morgan fingerprint density at radius 1 is 0.800 bits per heavy atom. The first-order valence-corrected chi connectivity index (χ1v) is 8.57. The SMILES string of the molecule is Cc1cc(C)cc(-c2nccc3cc(-c4c(C)cccc4C)oc23)c1. The van der Waals surface area contributed by atoms with E-state index in [2.05, 4.69) is 75.1 Å². The molecule has 2 aromatic heterocycles. The Bertz CT molecular complexity index is 1050. The number of pyridine rings is 1. The van der Waals surface area contributed by atoms with Crippen LogP contribution < -0.4 is 0 Å². The van der Waals surface area contributed by atoms with Gasteiger partial charge in [-0.3, -0.25) is 4.98 Å². The van der Waals surface area contributed by atoms with E-state index in [1.807, 2.05) is 12.3 Å². The highest BCUT2D eigenvalue weighted by molar-refractivity contribution is 5.93. The van der Waals surface area contributed by atoms with Crippen molar-refractivity contribution < 1.29 is 4.42 Å². The largest absolute Gasteiger partial charge is 0.454 e. The number of nitrogens with zero attached hydrogens (tertiary/aromatic N) is 1. The van der Waals surface area contributed by atoms with Gasteiger partial charge in [0.15, 0.2) is 5.58 Å². The lowest BCUT2D eigenvalue weighted by Crippen LogP contribution is -1.87. The molecular formula is C23H21NO. The summed E-state index contributed by atoms with van der Waals surface area (Å²) in [6.07, 6.45) is 1.86. The van der Waals surface area contributed by atoms with Crippen LogP contribution in [0.15, 0.2) is 59.1 Å².